The molecule has 0 spiro atoms. The first-order chi connectivity index (χ1) is 8.86. The highest BCUT2D eigenvalue weighted by Gasteiger charge is 2.13. The smallest absolute Gasteiger partial charge is 0.328 e. The zero-order valence-corrected chi connectivity index (χ0v) is 11.4. The van der Waals surface area contributed by atoms with Crippen LogP contribution in [0.2, 0.25) is 0 Å². The van der Waals surface area contributed by atoms with Crippen molar-refractivity contribution in [1.82, 2.24) is 0 Å². The number of methoxy groups -OCH3 is 1. The second kappa shape index (κ2) is 6.04. The van der Waals surface area contributed by atoms with Gasteiger partial charge in [-0.3, -0.25) is 4.79 Å². The van der Waals surface area contributed by atoms with Crippen LogP contribution < -0.4 is 9.64 Å². The lowest BCUT2D eigenvalue weighted by Gasteiger charge is -2.19. The average Bonchev–Trinajstić information content (AvgIpc) is 2.37. The molecule has 0 aliphatic rings. The van der Waals surface area contributed by atoms with Crippen molar-refractivity contribution < 1.29 is 19.4 Å². The van der Waals surface area contributed by atoms with E-state index in [1.165, 1.54) is 4.90 Å². The van der Waals surface area contributed by atoms with Gasteiger partial charge in [-0.25, -0.2) is 4.79 Å². The first kappa shape index (κ1) is 14.8. The Morgan fingerprint density at radius 2 is 1.84 bits per heavy atom. The number of amides is 1. The fourth-order valence-corrected chi connectivity index (χ4v) is 1.73. The van der Waals surface area contributed by atoms with Gasteiger partial charge in [0.25, 0.3) is 5.91 Å². The van der Waals surface area contributed by atoms with Crippen LogP contribution in [0.1, 0.15) is 11.1 Å². The molecular formula is C14H17NO4. The van der Waals surface area contributed by atoms with Crippen molar-refractivity contribution in [2.45, 2.75) is 13.8 Å². The van der Waals surface area contributed by atoms with Crippen LogP contribution in [0.4, 0.5) is 5.69 Å². The van der Waals surface area contributed by atoms with Gasteiger partial charge in [-0.05, 0) is 37.1 Å². The molecule has 1 aromatic carbocycles. The summed E-state index contributed by atoms with van der Waals surface area (Å²) >= 11 is 0. The molecule has 1 amide bonds. The minimum atomic E-state index is -1.15. The molecule has 19 heavy (non-hydrogen) atoms. The summed E-state index contributed by atoms with van der Waals surface area (Å²) in [6, 6.07) is 3.68. The molecule has 0 aromatic heterocycles. The lowest BCUT2D eigenvalue weighted by atomic mass is 10.1. The van der Waals surface area contributed by atoms with Crippen LogP contribution in [0, 0.1) is 13.8 Å². The van der Waals surface area contributed by atoms with Crippen LogP contribution in [0.15, 0.2) is 24.3 Å². The number of rotatable bonds is 4. The maximum atomic E-state index is 11.8. The summed E-state index contributed by atoms with van der Waals surface area (Å²) in [6.07, 6.45) is 1.85. The SMILES string of the molecule is COc1cc(C)c(N(C)C(=O)/C=C/C(=O)O)cc1C. The Kier molecular flexibility index (Phi) is 4.69. The topological polar surface area (TPSA) is 66.8 Å². The number of likely N-dealkylation sites (N-methyl/N-ethyl adjacent to an activating group) is 1. The molecule has 0 bridgehead atoms. The number of benzene rings is 1. The summed E-state index contributed by atoms with van der Waals surface area (Å²) in [5, 5.41) is 8.51. The maximum absolute atomic E-state index is 11.8. The summed E-state index contributed by atoms with van der Waals surface area (Å²) in [4.78, 5) is 23.6. The predicted octanol–water partition coefficient (Wildman–Crippen LogP) is 1.92. The number of aryl methyl sites for hydroxylation is 2. The number of hydrogen-bond donors (Lipinski definition) is 1. The van der Waals surface area contributed by atoms with Gasteiger partial charge in [-0.15, -0.1) is 0 Å². The second-order valence-corrected chi connectivity index (χ2v) is 4.18. The van der Waals surface area contributed by atoms with Gasteiger partial charge in [0, 0.05) is 24.9 Å². The molecule has 0 atom stereocenters. The Hall–Kier alpha value is -2.30. The van der Waals surface area contributed by atoms with E-state index in [1.54, 1.807) is 14.2 Å². The molecule has 0 radical (unpaired) electrons. The van der Waals surface area contributed by atoms with E-state index in [4.69, 9.17) is 9.84 Å². The molecule has 0 saturated heterocycles. The molecule has 0 heterocycles. The van der Waals surface area contributed by atoms with Crippen molar-refractivity contribution in [3.05, 3.63) is 35.4 Å². The Morgan fingerprint density at radius 1 is 1.21 bits per heavy atom. The van der Waals surface area contributed by atoms with Crippen molar-refractivity contribution in [3.8, 4) is 5.75 Å². The second-order valence-electron chi connectivity index (χ2n) is 4.18. The van der Waals surface area contributed by atoms with Gasteiger partial charge < -0.3 is 14.7 Å². The van der Waals surface area contributed by atoms with E-state index < -0.39 is 11.9 Å². The highest BCUT2D eigenvalue weighted by atomic mass is 16.5. The number of carboxylic acids is 1. The maximum Gasteiger partial charge on any atom is 0.328 e. The highest BCUT2D eigenvalue weighted by Crippen LogP contribution is 2.28. The van der Waals surface area contributed by atoms with E-state index in [1.807, 2.05) is 26.0 Å². The van der Waals surface area contributed by atoms with Gasteiger partial charge in [0.2, 0.25) is 0 Å². The average molecular weight is 263 g/mol. The standard InChI is InChI=1S/C14H17NO4/c1-9-8-12(19-4)10(2)7-11(9)15(3)13(16)5-6-14(17)18/h5-8H,1-4H3,(H,17,18)/b6-5+. The van der Waals surface area contributed by atoms with Crippen LogP contribution in [0.25, 0.3) is 0 Å². The molecule has 0 unspecified atom stereocenters. The van der Waals surface area contributed by atoms with E-state index in [0.29, 0.717) is 0 Å². The summed E-state index contributed by atoms with van der Waals surface area (Å²) in [6.45, 7) is 3.75. The number of nitrogens with zero attached hydrogens (tertiary/aromatic N) is 1. The van der Waals surface area contributed by atoms with Crippen molar-refractivity contribution in [3.63, 3.8) is 0 Å². The molecule has 5 heteroatoms. The Balaban J connectivity index is 3.06. The largest absolute Gasteiger partial charge is 0.496 e. The van der Waals surface area contributed by atoms with Gasteiger partial charge >= 0.3 is 5.97 Å². The molecular weight excluding hydrogens is 246 g/mol. The summed E-state index contributed by atoms with van der Waals surface area (Å²) in [7, 11) is 3.19. The zero-order valence-electron chi connectivity index (χ0n) is 11.4. The third-order valence-corrected chi connectivity index (χ3v) is 2.77. The van der Waals surface area contributed by atoms with E-state index in [0.717, 1.165) is 34.7 Å². The zero-order chi connectivity index (χ0) is 14.6. The Morgan fingerprint density at radius 3 is 2.37 bits per heavy atom. The van der Waals surface area contributed by atoms with Crippen LogP contribution in [0.5, 0.6) is 5.75 Å². The Bertz CT molecular complexity index is 534. The van der Waals surface area contributed by atoms with E-state index in [2.05, 4.69) is 0 Å². The molecule has 1 N–H and O–H groups in total. The minimum Gasteiger partial charge on any atom is -0.496 e. The van der Waals surface area contributed by atoms with Crippen molar-refractivity contribution in [1.29, 1.82) is 0 Å². The fraction of sp³-hybridized carbons (Fsp3) is 0.286. The third kappa shape index (κ3) is 3.58. The van der Waals surface area contributed by atoms with E-state index >= 15 is 0 Å². The molecule has 102 valence electrons. The van der Waals surface area contributed by atoms with Crippen LogP contribution in [0.3, 0.4) is 0 Å². The number of hydrogen-bond acceptors (Lipinski definition) is 3. The third-order valence-electron chi connectivity index (χ3n) is 2.77. The van der Waals surface area contributed by atoms with Crippen molar-refractivity contribution >= 4 is 17.6 Å². The Labute approximate surface area is 112 Å². The fourth-order valence-electron chi connectivity index (χ4n) is 1.73. The van der Waals surface area contributed by atoms with Gasteiger partial charge in [0.15, 0.2) is 0 Å². The molecule has 0 fully saturated rings. The highest BCUT2D eigenvalue weighted by molar-refractivity contribution is 6.04. The van der Waals surface area contributed by atoms with Crippen molar-refractivity contribution in [2.24, 2.45) is 0 Å². The van der Waals surface area contributed by atoms with E-state index in [9.17, 15) is 9.59 Å². The quantitative estimate of drug-likeness (QED) is 0.843. The molecule has 0 saturated carbocycles. The molecule has 1 rings (SSSR count). The normalized spacial score (nSPS) is 10.5. The summed E-state index contributed by atoms with van der Waals surface area (Å²) < 4.78 is 5.20. The van der Waals surface area contributed by atoms with E-state index in [-0.39, 0.29) is 0 Å². The summed E-state index contributed by atoms with van der Waals surface area (Å²) in [5.41, 5.74) is 2.50. The molecule has 0 aliphatic heterocycles. The van der Waals surface area contributed by atoms with Gasteiger partial charge in [-0.1, -0.05) is 0 Å². The van der Waals surface area contributed by atoms with Crippen molar-refractivity contribution in [2.75, 3.05) is 19.1 Å². The number of aliphatic carboxylic acids is 1. The van der Waals surface area contributed by atoms with Crippen LogP contribution in [-0.4, -0.2) is 31.1 Å². The number of carbonyl (C=O) groups excluding carboxylic acids is 1. The first-order valence-corrected chi connectivity index (χ1v) is 5.70. The minimum absolute atomic E-state index is 0.393. The molecule has 0 aliphatic carbocycles. The molecule has 5 nitrogen and oxygen atoms in total. The number of anilines is 1. The van der Waals surface area contributed by atoms with Gasteiger partial charge in [0.05, 0.1) is 7.11 Å². The monoisotopic (exact) mass is 263 g/mol. The van der Waals surface area contributed by atoms with Crippen LogP contribution >= 0.6 is 0 Å². The lowest BCUT2D eigenvalue weighted by Crippen LogP contribution is -2.25. The summed E-state index contributed by atoms with van der Waals surface area (Å²) in [5.74, 6) is -0.789. The van der Waals surface area contributed by atoms with Gasteiger partial charge in [-0.2, -0.15) is 0 Å². The number of carbonyl (C=O) groups is 2. The number of ether oxygens (including phenoxy) is 1. The van der Waals surface area contributed by atoms with Gasteiger partial charge in [0.1, 0.15) is 5.75 Å². The van der Waals surface area contributed by atoms with Crippen LogP contribution in [-0.2, 0) is 9.59 Å². The number of carboxylic acid groups (broad SMARTS) is 1. The lowest BCUT2D eigenvalue weighted by molar-refractivity contribution is -0.131. The predicted molar refractivity (Wildman–Crippen MR) is 72.7 cm³/mol. The molecule has 1 aromatic rings. The first-order valence-electron chi connectivity index (χ1n) is 5.70.